The van der Waals surface area contributed by atoms with Crippen LogP contribution in [0.5, 0.6) is 0 Å². The van der Waals surface area contributed by atoms with Crippen molar-refractivity contribution in [2.75, 3.05) is 13.1 Å². The minimum atomic E-state index is -0.249. The first-order valence-corrected chi connectivity index (χ1v) is 9.67. The van der Waals surface area contributed by atoms with Gasteiger partial charge in [-0.25, -0.2) is 4.79 Å². The molecule has 0 amide bonds. The molecule has 0 aliphatic heterocycles. The van der Waals surface area contributed by atoms with Crippen molar-refractivity contribution in [1.82, 2.24) is 4.90 Å². The fraction of sp³-hybridized carbons (Fsp3) is 0.850. The quantitative estimate of drug-likeness (QED) is 0.167. The fourth-order valence-electron chi connectivity index (χ4n) is 2.58. The Bertz CT molecular complexity index is 307. The van der Waals surface area contributed by atoms with E-state index in [-0.39, 0.29) is 12.2 Å². The lowest BCUT2D eigenvalue weighted by atomic mass is 10.1. The number of carbonyl (C=O) groups excluding carboxylic acids is 1. The van der Waals surface area contributed by atoms with Crippen LogP contribution in [-0.2, 0) is 9.53 Å². The number of rotatable bonds is 15. The van der Waals surface area contributed by atoms with Crippen molar-refractivity contribution in [2.45, 2.75) is 98.1 Å². The Morgan fingerprint density at radius 1 is 0.913 bits per heavy atom. The van der Waals surface area contributed by atoms with Gasteiger partial charge in [-0.1, -0.05) is 65.9 Å². The normalized spacial score (nSPS) is 12.4. The van der Waals surface area contributed by atoms with Gasteiger partial charge in [-0.3, -0.25) is 4.90 Å². The van der Waals surface area contributed by atoms with E-state index in [2.05, 4.69) is 32.3 Å². The first-order valence-electron chi connectivity index (χ1n) is 9.67. The van der Waals surface area contributed by atoms with Gasteiger partial charge in [0.15, 0.2) is 6.23 Å². The first kappa shape index (κ1) is 22.2. The molecule has 0 aromatic heterocycles. The number of hydrogen-bond donors (Lipinski definition) is 0. The minimum absolute atomic E-state index is 0.0843. The number of ether oxygens (including phenoxy) is 1. The number of carbonyl (C=O) groups is 1. The highest BCUT2D eigenvalue weighted by Crippen LogP contribution is 2.16. The van der Waals surface area contributed by atoms with Crippen LogP contribution in [-0.4, -0.2) is 30.2 Å². The summed E-state index contributed by atoms with van der Waals surface area (Å²) in [7, 11) is 0. The van der Waals surface area contributed by atoms with Gasteiger partial charge in [0, 0.05) is 18.7 Å². The van der Waals surface area contributed by atoms with Crippen molar-refractivity contribution in [3.05, 3.63) is 12.2 Å². The van der Waals surface area contributed by atoms with Gasteiger partial charge in [0.1, 0.15) is 0 Å². The van der Waals surface area contributed by atoms with Crippen LogP contribution in [0.15, 0.2) is 12.2 Å². The molecule has 0 rings (SSSR count). The van der Waals surface area contributed by atoms with E-state index in [1.165, 1.54) is 38.5 Å². The Kier molecular flexibility index (Phi) is 14.2. The highest BCUT2D eigenvalue weighted by Gasteiger charge is 2.21. The summed E-state index contributed by atoms with van der Waals surface area (Å²) in [5.41, 5.74) is 0.493. The molecule has 3 heteroatoms. The number of esters is 1. The van der Waals surface area contributed by atoms with Crippen molar-refractivity contribution in [1.29, 1.82) is 0 Å². The molecule has 23 heavy (non-hydrogen) atoms. The molecule has 0 heterocycles. The monoisotopic (exact) mass is 325 g/mol. The van der Waals surface area contributed by atoms with Crippen molar-refractivity contribution in [2.24, 2.45) is 0 Å². The Labute approximate surface area is 144 Å². The molecule has 1 atom stereocenters. The average molecular weight is 326 g/mol. The third-order valence-corrected chi connectivity index (χ3v) is 4.15. The predicted molar refractivity (Wildman–Crippen MR) is 99.5 cm³/mol. The second kappa shape index (κ2) is 14.7. The molecule has 0 saturated heterocycles. The molecule has 0 saturated carbocycles. The van der Waals surface area contributed by atoms with Gasteiger partial charge in [0.2, 0.25) is 0 Å². The van der Waals surface area contributed by atoms with Crippen LogP contribution in [0.1, 0.15) is 91.9 Å². The van der Waals surface area contributed by atoms with Gasteiger partial charge < -0.3 is 4.74 Å². The topological polar surface area (TPSA) is 29.5 Å². The molecular weight excluding hydrogens is 286 g/mol. The Morgan fingerprint density at radius 2 is 1.43 bits per heavy atom. The maximum Gasteiger partial charge on any atom is 0.334 e. The number of nitrogens with zero attached hydrogens (tertiary/aromatic N) is 1. The molecule has 3 nitrogen and oxygen atoms in total. The van der Waals surface area contributed by atoms with Gasteiger partial charge >= 0.3 is 5.97 Å². The molecule has 0 N–H and O–H groups in total. The zero-order chi connectivity index (χ0) is 17.5. The number of unbranched alkanes of at least 4 members (excludes halogenated alkanes) is 6. The largest absolute Gasteiger partial charge is 0.443 e. The van der Waals surface area contributed by atoms with Crippen LogP contribution in [0.4, 0.5) is 0 Å². The van der Waals surface area contributed by atoms with Crippen molar-refractivity contribution >= 4 is 5.97 Å². The minimum Gasteiger partial charge on any atom is -0.443 e. The van der Waals surface area contributed by atoms with Gasteiger partial charge in [-0.2, -0.15) is 0 Å². The summed E-state index contributed by atoms with van der Waals surface area (Å²) in [6, 6.07) is 0. The van der Waals surface area contributed by atoms with E-state index in [0.29, 0.717) is 5.57 Å². The van der Waals surface area contributed by atoms with E-state index in [1.54, 1.807) is 6.92 Å². The summed E-state index contributed by atoms with van der Waals surface area (Å²) in [6.45, 7) is 14.1. The predicted octanol–water partition coefficient (Wildman–Crippen LogP) is 5.69. The van der Waals surface area contributed by atoms with Crippen LogP contribution in [0.3, 0.4) is 0 Å². The Balaban J connectivity index is 4.64. The second-order valence-electron chi connectivity index (χ2n) is 6.59. The summed E-state index contributed by atoms with van der Waals surface area (Å²) in [5.74, 6) is -0.249. The molecule has 0 fully saturated rings. The molecule has 0 aliphatic rings. The summed E-state index contributed by atoms with van der Waals surface area (Å²) in [5, 5.41) is 0. The molecule has 0 radical (unpaired) electrons. The lowest BCUT2D eigenvalue weighted by molar-refractivity contribution is -0.155. The summed E-state index contributed by atoms with van der Waals surface area (Å²) in [4.78, 5) is 14.4. The third kappa shape index (κ3) is 11.4. The Hall–Kier alpha value is -0.830. The van der Waals surface area contributed by atoms with E-state index >= 15 is 0 Å². The average Bonchev–Trinajstić information content (AvgIpc) is 2.53. The van der Waals surface area contributed by atoms with Crippen LogP contribution in [0.2, 0.25) is 0 Å². The second-order valence-corrected chi connectivity index (χ2v) is 6.59. The maximum atomic E-state index is 12.0. The zero-order valence-corrected chi connectivity index (χ0v) is 16.0. The molecule has 1 unspecified atom stereocenters. The van der Waals surface area contributed by atoms with Crippen LogP contribution < -0.4 is 0 Å². The Morgan fingerprint density at radius 3 is 1.91 bits per heavy atom. The van der Waals surface area contributed by atoms with Gasteiger partial charge in [-0.05, 0) is 32.6 Å². The lowest BCUT2D eigenvalue weighted by Gasteiger charge is -2.31. The van der Waals surface area contributed by atoms with E-state index in [1.807, 2.05) is 0 Å². The van der Waals surface area contributed by atoms with Crippen LogP contribution in [0.25, 0.3) is 0 Å². The lowest BCUT2D eigenvalue weighted by Crippen LogP contribution is -2.40. The molecule has 0 aliphatic carbocycles. The number of hydrogen-bond acceptors (Lipinski definition) is 3. The fourth-order valence-corrected chi connectivity index (χ4v) is 2.58. The SMILES string of the molecule is C=C(C)C(=O)OC(CCCCCCC)N(CCCC)CCCC. The van der Waals surface area contributed by atoms with Gasteiger partial charge in [0.25, 0.3) is 0 Å². The highest BCUT2D eigenvalue weighted by molar-refractivity contribution is 5.87. The molecule has 136 valence electrons. The summed E-state index contributed by atoms with van der Waals surface area (Å²) in [6.07, 6.45) is 11.7. The van der Waals surface area contributed by atoms with Crippen molar-refractivity contribution < 1.29 is 9.53 Å². The van der Waals surface area contributed by atoms with Crippen LogP contribution in [0, 0.1) is 0 Å². The third-order valence-electron chi connectivity index (χ3n) is 4.15. The molecule has 0 aromatic rings. The van der Waals surface area contributed by atoms with E-state index < -0.39 is 0 Å². The van der Waals surface area contributed by atoms with Crippen molar-refractivity contribution in [3.63, 3.8) is 0 Å². The molecule has 0 spiro atoms. The molecular formula is C20H39NO2. The highest BCUT2D eigenvalue weighted by atomic mass is 16.6. The maximum absolute atomic E-state index is 12.0. The van der Waals surface area contributed by atoms with Crippen LogP contribution >= 0.6 is 0 Å². The van der Waals surface area contributed by atoms with E-state index in [9.17, 15) is 4.79 Å². The smallest absolute Gasteiger partial charge is 0.334 e. The van der Waals surface area contributed by atoms with Gasteiger partial charge in [-0.15, -0.1) is 0 Å². The standard InChI is InChI=1S/C20H39NO2/c1-6-9-12-13-14-15-19(23-20(22)18(4)5)21(16-10-7-2)17-11-8-3/h19H,4,6-17H2,1-3,5H3. The molecule has 0 aromatic carbocycles. The molecule has 0 bridgehead atoms. The van der Waals surface area contributed by atoms with Gasteiger partial charge in [0.05, 0.1) is 0 Å². The first-order chi connectivity index (χ1) is 11.1. The summed E-state index contributed by atoms with van der Waals surface area (Å²) >= 11 is 0. The van der Waals surface area contributed by atoms with E-state index in [0.717, 1.165) is 38.8 Å². The zero-order valence-electron chi connectivity index (χ0n) is 16.0. The summed E-state index contributed by atoms with van der Waals surface area (Å²) < 4.78 is 5.76. The van der Waals surface area contributed by atoms with Crippen molar-refractivity contribution in [3.8, 4) is 0 Å². The van der Waals surface area contributed by atoms with E-state index in [4.69, 9.17) is 4.74 Å².